The molecule has 3 rings (SSSR count). The zero-order valence-corrected chi connectivity index (χ0v) is 18.5. The summed E-state index contributed by atoms with van der Waals surface area (Å²) in [6, 6.07) is 11.4. The van der Waals surface area contributed by atoms with Crippen LogP contribution in [0.1, 0.15) is 18.4 Å². The Balaban J connectivity index is 1.37. The second-order valence-electron chi connectivity index (χ2n) is 7.84. The van der Waals surface area contributed by atoms with Crippen molar-refractivity contribution < 1.29 is 23.5 Å². The Labute approximate surface area is 187 Å². The van der Waals surface area contributed by atoms with E-state index >= 15 is 0 Å². The minimum Gasteiger partial charge on any atom is -0.493 e. The average Bonchev–Trinajstić information content (AvgIpc) is 2.80. The third kappa shape index (κ3) is 6.68. The lowest BCUT2D eigenvalue weighted by molar-refractivity contribution is -0.126. The second kappa shape index (κ2) is 11.5. The van der Waals surface area contributed by atoms with Gasteiger partial charge in [-0.05, 0) is 74.3 Å². The maximum Gasteiger partial charge on any atom is 0.238 e. The van der Waals surface area contributed by atoms with Gasteiger partial charge in [-0.15, -0.1) is 0 Å². The molecule has 172 valence electrons. The summed E-state index contributed by atoms with van der Waals surface area (Å²) in [6.07, 6.45) is 2.13. The summed E-state index contributed by atoms with van der Waals surface area (Å²) >= 11 is 0. The fourth-order valence-electron chi connectivity index (χ4n) is 3.80. The van der Waals surface area contributed by atoms with Gasteiger partial charge in [-0.25, -0.2) is 4.39 Å². The number of nitrogens with one attached hydrogen (secondary N) is 2. The van der Waals surface area contributed by atoms with Crippen LogP contribution < -0.4 is 20.1 Å². The van der Waals surface area contributed by atoms with E-state index in [9.17, 15) is 14.0 Å². The van der Waals surface area contributed by atoms with Crippen molar-refractivity contribution in [2.45, 2.75) is 19.3 Å². The van der Waals surface area contributed by atoms with Crippen molar-refractivity contribution in [3.63, 3.8) is 0 Å². The molecule has 8 heteroatoms. The first kappa shape index (κ1) is 23.5. The summed E-state index contributed by atoms with van der Waals surface area (Å²) in [4.78, 5) is 26.8. The van der Waals surface area contributed by atoms with Crippen LogP contribution in [0.4, 0.5) is 10.1 Å². The van der Waals surface area contributed by atoms with Gasteiger partial charge in [0.05, 0.1) is 20.8 Å². The highest BCUT2D eigenvalue weighted by Crippen LogP contribution is 2.27. The summed E-state index contributed by atoms with van der Waals surface area (Å²) in [7, 11) is 3.20. The van der Waals surface area contributed by atoms with Crippen molar-refractivity contribution in [2.75, 3.05) is 45.7 Å². The quantitative estimate of drug-likeness (QED) is 0.623. The molecule has 1 aliphatic heterocycles. The number of hydrogen-bond donors (Lipinski definition) is 2. The third-order valence-electron chi connectivity index (χ3n) is 5.61. The zero-order chi connectivity index (χ0) is 22.9. The number of piperidine rings is 1. The molecule has 7 nitrogen and oxygen atoms in total. The van der Waals surface area contributed by atoms with Crippen LogP contribution in [0.15, 0.2) is 42.5 Å². The predicted octanol–water partition coefficient (Wildman–Crippen LogP) is 2.85. The highest BCUT2D eigenvalue weighted by Gasteiger charge is 2.25. The molecule has 0 bridgehead atoms. The number of hydrogen-bond acceptors (Lipinski definition) is 5. The standard InChI is InChI=1S/C24H30FN3O4/c1-31-21-8-3-17(15-22(21)32-2)9-12-26-24(30)18-10-13-28(14-11-18)16-23(29)27-20-6-4-19(25)5-7-20/h3-8,15,18H,9-14,16H2,1-2H3,(H,26,30)(H,27,29). The van der Waals surface area contributed by atoms with Gasteiger partial charge in [-0.2, -0.15) is 0 Å². The number of benzene rings is 2. The number of rotatable bonds is 9. The normalized spacial score (nSPS) is 14.6. The molecule has 1 heterocycles. The van der Waals surface area contributed by atoms with Crippen molar-refractivity contribution in [3.8, 4) is 11.5 Å². The Morgan fingerprint density at radius 1 is 1.03 bits per heavy atom. The lowest BCUT2D eigenvalue weighted by Crippen LogP contribution is -2.43. The first-order valence-electron chi connectivity index (χ1n) is 10.7. The van der Waals surface area contributed by atoms with Crippen LogP contribution in [0.5, 0.6) is 11.5 Å². The van der Waals surface area contributed by atoms with E-state index < -0.39 is 0 Å². The fraction of sp³-hybridized carbons (Fsp3) is 0.417. The highest BCUT2D eigenvalue weighted by atomic mass is 19.1. The number of anilines is 1. The molecule has 32 heavy (non-hydrogen) atoms. The molecule has 0 aliphatic carbocycles. The minimum absolute atomic E-state index is 0.0446. The fourth-order valence-corrected chi connectivity index (χ4v) is 3.80. The van der Waals surface area contributed by atoms with Gasteiger partial charge >= 0.3 is 0 Å². The number of likely N-dealkylation sites (tertiary alicyclic amines) is 1. The van der Waals surface area contributed by atoms with Gasteiger partial charge in [0.2, 0.25) is 11.8 Å². The molecule has 0 unspecified atom stereocenters. The number of halogens is 1. The number of ether oxygens (including phenoxy) is 2. The maximum absolute atomic E-state index is 13.0. The molecule has 2 N–H and O–H groups in total. The van der Waals surface area contributed by atoms with E-state index in [1.165, 1.54) is 24.3 Å². The zero-order valence-electron chi connectivity index (χ0n) is 18.5. The number of carbonyl (C=O) groups excluding carboxylic acids is 2. The summed E-state index contributed by atoms with van der Waals surface area (Å²) < 4.78 is 23.5. The lowest BCUT2D eigenvalue weighted by atomic mass is 9.96. The van der Waals surface area contributed by atoms with Gasteiger partial charge in [-0.3, -0.25) is 14.5 Å². The Morgan fingerprint density at radius 3 is 2.38 bits per heavy atom. The van der Waals surface area contributed by atoms with Crippen LogP contribution >= 0.6 is 0 Å². The third-order valence-corrected chi connectivity index (χ3v) is 5.61. The second-order valence-corrected chi connectivity index (χ2v) is 7.84. The first-order valence-corrected chi connectivity index (χ1v) is 10.7. The van der Waals surface area contributed by atoms with Crippen molar-refractivity contribution >= 4 is 17.5 Å². The largest absolute Gasteiger partial charge is 0.493 e. The van der Waals surface area contributed by atoms with Crippen LogP contribution in [0.3, 0.4) is 0 Å². The highest BCUT2D eigenvalue weighted by molar-refractivity contribution is 5.92. The van der Waals surface area contributed by atoms with Crippen molar-refractivity contribution in [1.82, 2.24) is 10.2 Å². The first-order chi connectivity index (χ1) is 15.5. The Bertz CT molecular complexity index is 912. The van der Waals surface area contributed by atoms with Crippen LogP contribution in [0, 0.1) is 11.7 Å². The Hall–Kier alpha value is -3.13. The Morgan fingerprint density at radius 2 is 1.72 bits per heavy atom. The average molecular weight is 444 g/mol. The summed E-state index contributed by atoms with van der Waals surface area (Å²) in [5.74, 6) is 0.879. The molecule has 0 aromatic heterocycles. The van der Waals surface area contributed by atoms with Gasteiger partial charge in [-0.1, -0.05) is 6.07 Å². The molecule has 0 radical (unpaired) electrons. The molecule has 0 atom stereocenters. The van der Waals surface area contributed by atoms with Gasteiger partial charge < -0.3 is 20.1 Å². The molecule has 0 spiro atoms. The van der Waals surface area contributed by atoms with Gasteiger partial charge in [0.25, 0.3) is 0 Å². The van der Waals surface area contributed by atoms with Gasteiger partial charge in [0, 0.05) is 18.2 Å². The van der Waals surface area contributed by atoms with E-state index in [0.717, 1.165) is 5.56 Å². The van der Waals surface area contributed by atoms with E-state index in [2.05, 4.69) is 10.6 Å². The number of nitrogens with zero attached hydrogens (tertiary/aromatic N) is 1. The molecule has 2 aromatic carbocycles. The van der Waals surface area contributed by atoms with Gasteiger partial charge in [0.15, 0.2) is 11.5 Å². The monoisotopic (exact) mass is 443 g/mol. The van der Waals surface area contributed by atoms with Crippen LogP contribution in [-0.2, 0) is 16.0 Å². The van der Waals surface area contributed by atoms with E-state index in [1.807, 2.05) is 23.1 Å². The van der Waals surface area contributed by atoms with Crippen LogP contribution in [-0.4, -0.2) is 57.1 Å². The molecular weight excluding hydrogens is 413 g/mol. The molecule has 2 amide bonds. The van der Waals surface area contributed by atoms with Crippen molar-refractivity contribution in [2.24, 2.45) is 5.92 Å². The minimum atomic E-state index is -0.341. The smallest absolute Gasteiger partial charge is 0.238 e. The lowest BCUT2D eigenvalue weighted by Gasteiger charge is -2.30. The maximum atomic E-state index is 13.0. The van der Waals surface area contributed by atoms with Crippen molar-refractivity contribution in [1.29, 1.82) is 0 Å². The van der Waals surface area contributed by atoms with Crippen LogP contribution in [0.2, 0.25) is 0 Å². The predicted molar refractivity (Wildman–Crippen MR) is 120 cm³/mol. The number of amides is 2. The molecule has 1 aliphatic rings. The molecule has 0 saturated carbocycles. The molecular formula is C24H30FN3O4. The molecule has 1 fully saturated rings. The van der Waals surface area contributed by atoms with Gasteiger partial charge in [0.1, 0.15) is 5.82 Å². The van der Waals surface area contributed by atoms with Crippen molar-refractivity contribution in [3.05, 3.63) is 53.8 Å². The molecule has 1 saturated heterocycles. The Kier molecular flexibility index (Phi) is 8.44. The van der Waals surface area contributed by atoms with E-state index in [1.54, 1.807) is 14.2 Å². The molecule has 2 aromatic rings. The van der Waals surface area contributed by atoms with Crippen LogP contribution in [0.25, 0.3) is 0 Å². The summed E-state index contributed by atoms with van der Waals surface area (Å²) in [5, 5.41) is 5.79. The summed E-state index contributed by atoms with van der Waals surface area (Å²) in [6.45, 7) is 2.18. The summed E-state index contributed by atoms with van der Waals surface area (Å²) in [5.41, 5.74) is 1.63. The number of methoxy groups -OCH3 is 2. The van der Waals surface area contributed by atoms with E-state index in [4.69, 9.17) is 9.47 Å². The number of carbonyl (C=O) groups is 2. The topological polar surface area (TPSA) is 79.9 Å². The SMILES string of the molecule is COc1ccc(CCNC(=O)C2CCN(CC(=O)Nc3ccc(F)cc3)CC2)cc1OC. The van der Waals surface area contributed by atoms with E-state index in [0.29, 0.717) is 56.1 Å². The van der Waals surface area contributed by atoms with E-state index in [-0.39, 0.29) is 30.1 Å².